The van der Waals surface area contributed by atoms with Crippen LogP contribution in [0.25, 0.3) is 29.1 Å². The molecule has 4 aromatic rings. The zero-order chi connectivity index (χ0) is 19.2. The molecule has 0 atom stereocenters. The van der Waals surface area contributed by atoms with Crippen LogP contribution in [-0.2, 0) is 0 Å². The molecule has 0 radical (unpaired) electrons. The number of ketones is 1. The third kappa shape index (κ3) is 4.13. The summed E-state index contributed by atoms with van der Waals surface area (Å²) in [5, 5.41) is 1.08. The van der Waals surface area contributed by atoms with Crippen molar-refractivity contribution in [1.82, 2.24) is 4.98 Å². The summed E-state index contributed by atoms with van der Waals surface area (Å²) < 4.78 is 0. The molecule has 0 saturated heterocycles. The van der Waals surface area contributed by atoms with Gasteiger partial charge < -0.3 is 0 Å². The number of benzene rings is 3. The maximum absolute atomic E-state index is 12.3. The minimum absolute atomic E-state index is 0.0306. The second-order valence-corrected chi connectivity index (χ2v) is 6.46. The first kappa shape index (κ1) is 17.6. The standard InChI is InChI=1S/C26H19NO/c28-26(21-11-5-2-6-12-21)18-17-23-19-22(16-15-20-9-3-1-4-10-20)24-13-7-8-14-25(24)27-23/h1-19H/b16-15+,18-17+. The summed E-state index contributed by atoms with van der Waals surface area (Å²) in [4.78, 5) is 17.0. The molecule has 0 N–H and O–H groups in total. The van der Waals surface area contributed by atoms with E-state index < -0.39 is 0 Å². The minimum atomic E-state index is -0.0306. The van der Waals surface area contributed by atoms with Crippen LogP contribution in [0.3, 0.4) is 0 Å². The Hall–Kier alpha value is -3.78. The highest BCUT2D eigenvalue weighted by Gasteiger charge is 2.04. The average molecular weight is 361 g/mol. The molecule has 0 amide bonds. The molecule has 134 valence electrons. The molecule has 2 nitrogen and oxygen atoms in total. The lowest BCUT2D eigenvalue weighted by Gasteiger charge is -2.04. The number of hydrogen-bond acceptors (Lipinski definition) is 2. The number of allylic oxidation sites excluding steroid dienone is 1. The smallest absolute Gasteiger partial charge is 0.185 e. The second-order valence-electron chi connectivity index (χ2n) is 6.46. The molecule has 0 aliphatic heterocycles. The van der Waals surface area contributed by atoms with Crippen molar-refractivity contribution in [1.29, 1.82) is 0 Å². The minimum Gasteiger partial charge on any atom is -0.289 e. The molecule has 1 heterocycles. The maximum atomic E-state index is 12.3. The zero-order valence-electron chi connectivity index (χ0n) is 15.3. The van der Waals surface area contributed by atoms with Gasteiger partial charge in [-0.25, -0.2) is 4.98 Å². The van der Waals surface area contributed by atoms with Crippen LogP contribution in [0.4, 0.5) is 0 Å². The highest BCUT2D eigenvalue weighted by atomic mass is 16.1. The van der Waals surface area contributed by atoms with Gasteiger partial charge in [0.05, 0.1) is 11.2 Å². The summed E-state index contributed by atoms with van der Waals surface area (Å²) in [7, 11) is 0. The van der Waals surface area contributed by atoms with Gasteiger partial charge in [0.1, 0.15) is 0 Å². The van der Waals surface area contributed by atoms with E-state index >= 15 is 0 Å². The summed E-state index contributed by atoms with van der Waals surface area (Å²) in [5.41, 5.74) is 4.55. The Kier molecular flexibility index (Phi) is 5.21. The van der Waals surface area contributed by atoms with Gasteiger partial charge in [-0.3, -0.25) is 4.79 Å². The van der Waals surface area contributed by atoms with E-state index in [0.717, 1.165) is 27.7 Å². The zero-order valence-corrected chi connectivity index (χ0v) is 15.3. The van der Waals surface area contributed by atoms with Crippen LogP contribution in [0.2, 0.25) is 0 Å². The van der Waals surface area contributed by atoms with Gasteiger partial charge in [-0.2, -0.15) is 0 Å². The van der Waals surface area contributed by atoms with Gasteiger partial charge in [-0.05, 0) is 35.4 Å². The first-order valence-electron chi connectivity index (χ1n) is 9.20. The Morgan fingerprint density at radius 3 is 2.18 bits per heavy atom. The van der Waals surface area contributed by atoms with Crippen LogP contribution in [0, 0.1) is 0 Å². The van der Waals surface area contributed by atoms with E-state index in [0.29, 0.717) is 5.56 Å². The fourth-order valence-electron chi connectivity index (χ4n) is 3.06. The first-order valence-corrected chi connectivity index (χ1v) is 9.20. The normalized spacial score (nSPS) is 11.4. The summed E-state index contributed by atoms with van der Waals surface area (Å²) in [5.74, 6) is -0.0306. The van der Waals surface area contributed by atoms with Gasteiger partial charge in [0.15, 0.2) is 5.78 Å². The summed E-state index contributed by atoms with van der Waals surface area (Å²) >= 11 is 0. The van der Waals surface area contributed by atoms with Crippen LogP contribution in [-0.4, -0.2) is 10.8 Å². The molecule has 1 aromatic heterocycles. The molecule has 0 aliphatic carbocycles. The Balaban J connectivity index is 1.69. The summed E-state index contributed by atoms with van der Waals surface area (Å²) in [6.07, 6.45) is 7.54. The quantitative estimate of drug-likeness (QED) is 0.308. The van der Waals surface area contributed by atoms with E-state index in [-0.39, 0.29) is 5.78 Å². The monoisotopic (exact) mass is 361 g/mol. The van der Waals surface area contributed by atoms with Crippen LogP contribution in [0.5, 0.6) is 0 Å². The van der Waals surface area contributed by atoms with E-state index in [9.17, 15) is 4.79 Å². The number of pyridine rings is 1. The van der Waals surface area contributed by atoms with E-state index in [1.165, 1.54) is 0 Å². The van der Waals surface area contributed by atoms with Crippen LogP contribution >= 0.6 is 0 Å². The lowest BCUT2D eigenvalue weighted by atomic mass is 10.0. The Bertz CT molecular complexity index is 1160. The third-order valence-corrected chi connectivity index (χ3v) is 4.49. The van der Waals surface area contributed by atoms with Gasteiger partial charge in [0, 0.05) is 10.9 Å². The molecule has 2 heteroatoms. The largest absolute Gasteiger partial charge is 0.289 e. The maximum Gasteiger partial charge on any atom is 0.185 e. The molecule has 0 aliphatic rings. The number of carbonyl (C=O) groups excluding carboxylic acids is 1. The SMILES string of the molecule is O=C(/C=C/c1cc(/C=C/c2ccccc2)c2ccccc2n1)c1ccccc1. The van der Waals surface area contributed by atoms with Gasteiger partial charge in [-0.15, -0.1) is 0 Å². The van der Waals surface area contributed by atoms with Crippen LogP contribution < -0.4 is 0 Å². The molecule has 28 heavy (non-hydrogen) atoms. The topological polar surface area (TPSA) is 30.0 Å². The number of fused-ring (bicyclic) bond motifs is 1. The summed E-state index contributed by atoms with van der Waals surface area (Å²) in [6.45, 7) is 0. The fourth-order valence-corrected chi connectivity index (χ4v) is 3.06. The average Bonchev–Trinajstić information content (AvgIpc) is 2.77. The predicted molar refractivity (Wildman–Crippen MR) is 117 cm³/mol. The highest BCUT2D eigenvalue weighted by molar-refractivity contribution is 6.06. The van der Waals surface area contributed by atoms with Crippen LogP contribution in [0.1, 0.15) is 27.2 Å². The van der Waals surface area contributed by atoms with Crippen molar-refractivity contribution in [2.24, 2.45) is 0 Å². The molecular formula is C26H19NO. The van der Waals surface area contributed by atoms with Crippen molar-refractivity contribution < 1.29 is 4.79 Å². The molecule has 0 spiro atoms. The van der Waals surface area contributed by atoms with E-state index in [2.05, 4.69) is 35.3 Å². The van der Waals surface area contributed by atoms with Gasteiger partial charge in [0.25, 0.3) is 0 Å². The number of hydrogen-bond donors (Lipinski definition) is 0. The van der Waals surface area contributed by atoms with Crippen molar-refractivity contribution in [2.75, 3.05) is 0 Å². The predicted octanol–water partition coefficient (Wildman–Crippen LogP) is 6.30. The number of carbonyl (C=O) groups is 1. The molecule has 0 unspecified atom stereocenters. The Morgan fingerprint density at radius 2 is 1.39 bits per heavy atom. The van der Waals surface area contributed by atoms with Gasteiger partial charge in [0.2, 0.25) is 0 Å². The first-order chi connectivity index (χ1) is 13.8. The fraction of sp³-hybridized carbons (Fsp3) is 0. The van der Waals surface area contributed by atoms with Crippen molar-refractivity contribution in [3.8, 4) is 0 Å². The molecule has 0 saturated carbocycles. The molecular weight excluding hydrogens is 342 g/mol. The van der Waals surface area contributed by atoms with Gasteiger partial charge >= 0.3 is 0 Å². The lowest BCUT2D eigenvalue weighted by Crippen LogP contribution is -1.94. The Morgan fingerprint density at radius 1 is 0.714 bits per heavy atom. The molecule has 4 rings (SSSR count). The lowest BCUT2D eigenvalue weighted by molar-refractivity contribution is 0.104. The molecule has 0 bridgehead atoms. The third-order valence-electron chi connectivity index (χ3n) is 4.49. The van der Waals surface area contributed by atoms with E-state index in [1.54, 1.807) is 12.2 Å². The number of rotatable bonds is 5. The van der Waals surface area contributed by atoms with Crippen LogP contribution in [0.15, 0.2) is 97.1 Å². The molecule has 0 fully saturated rings. The van der Waals surface area contributed by atoms with Crippen molar-refractivity contribution >= 4 is 34.9 Å². The highest BCUT2D eigenvalue weighted by Crippen LogP contribution is 2.21. The van der Waals surface area contributed by atoms with E-state index in [4.69, 9.17) is 0 Å². The van der Waals surface area contributed by atoms with E-state index in [1.807, 2.05) is 72.8 Å². The summed E-state index contributed by atoms with van der Waals surface area (Å²) in [6, 6.07) is 29.5. The van der Waals surface area contributed by atoms with Crippen molar-refractivity contribution in [2.45, 2.75) is 0 Å². The second kappa shape index (κ2) is 8.28. The number of nitrogens with zero attached hydrogens (tertiary/aromatic N) is 1. The van der Waals surface area contributed by atoms with Crippen molar-refractivity contribution in [3.63, 3.8) is 0 Å². The molecule has 3 aromatic carbocycles. The van der Waals surface area contributed by atoms with Crippen molar-refractivity contribution in [3.05, 3.63) is 119 Å². The number of aromatic nitrogens is 1. The van der Waals surface area contributed by atoms with Gasteiger partial charge in [-0.1, -0.05) is 91.0 Å². The number of para-hydroxylation sites is 1. The Labute approximate surface area is 164 Å².